The van der Waals surface area contributed by atoms with Crippen molar-refractivity contribution in [3.8, 4) is 16.3 Å². The number of rotatable bonds is 6. The maximum Gasteiger partial charge on any atom is 0.305 e. The Morgan fingerprint density at radius 2 is 2.04 bits per heavy atom. The molecule has 0 radical (unpaired) electrons. The highest BCUT2D eigenvalue weighted by Gasteiger charge is 2.40. The molecule has 3 aromatic rings. The summed E-state index contributed by atoms with van der Waals surface area (Å²) in [5, 5.41) is 18.7. The van der Waals surface area contributed by atoms with Crippen LogP contribution >= 0.6 is 11.3 Å². The molecule has 2 N–H and O–H groups in total. The van der Waals surface area contributed by atoms with Crippen molar-refractivity contribution in [1.82, 2.24) is 20.1 Å². The van der Waals surface area contributed by atoms with Crippen molar-refractivity contribution in [2.24, 2.45) is 0 Å². The summed E-state index contributed by atoms with van der Waals surface area (Å²) < 4.78 is 1.76. The summed E-state index contributed by atoms with van der Waals surface area (Å²) in [6, 6.07) is 9.74. The van der Waals surface area contributed by atoms with Gasteiger partial charge >= 0.3 is 5.97 Å². The van der Waals surface area contributed by atoms with Gasteiger partial charge in [-0.15, -0.1) is 11.3 Å². The molecule has 0 aliphatic heterocycles. The number of carboxylic acid groups (broad SMARTS) is 1. The van der Waals surface area contributed by atoms with Crippen LogP contribution in [0.5, 0.6) is 0 Å². The van der Waals surface area contributed by atoms with E-state index in [1.54, 1.807) is 16.3 Å². The Morgan fingerprint density at radius 3 is 2.70 bits per heavy atom. The number of aromatic nitrogens is 3. The standard InChI is InChI=1S/C19H18N4O3S/c24-16(25)9-19(7-4-8-19)22-17(26)15-12-27-18(21-15)13-10-20-23(11-13)14-5-2-1-3-6-14/h1-3,5-6,10-12H,4,7-9H2,(H,22,26)(H,24,25). The van der Waals surface area contributed by atoms with Crippen LogP contribution in [0.1, 0.15) is 36.2 Å². The minimum atomic E-state index is -0.901. The Morgan fingerprint density at radius 1 is 1.26 bits per heavy atom. The fraction of sp³-hybridized carbons (Fsp3) is 0.263. The number of hydrogen-bond donors (Lipinski definition) is 2. The van der Waals surface area contributed by atoms with Gasteiger partial charge in [0, 0.05) is 17.1 Å². The molecule has 0 atom stereocenters. The Labute approximate surface area is 159 Å². The Kier molecular flexibility index (Phi) is 4.49. The van der Waals surface area contributed by atoms with Crippen LogP contribution < -0.4 is 5.32 Å². The van der Waals surface area contributed by atoms with Gasteiger partial charge in [-0.1, -0.05) is 18.2 Å². The van der Waals surface area contributed by atoms with E-state index in [1.165, 1.54) is 11.3 Å². The second-order valence-corrected chi connectivity index (χ2v) is 7.56. The van der Waals surface area contributed by atoms with Gasteiger partial charge in [0.1, 0.15) is 10.7 Å². The topological polar surface area (TPSA) is 97.1 Å². The van der Waals surface area contributed by atoms with Gasteiger partial charge in [-0.3, -0.25) is 9.59 Å². The predicted molar refractivity (Wildman–Crippen MR) is 101 cm³/mol. The SMILES string of the molecule is O=C(O)CC1(NC(=O)c2csc(-c3cnn(-c4ccccc4)c3)n2)CCC1. The highest BCUT2D eigenvalue weighted by atomic mass is 32.1. The molecule has 27 heavy (non-hydrogen) atoms. The number of nitrogens with zero attached hydrogens (tertiary/aromatic N) is 3. The molecule has 0 bridgehead atoms. The molecule has 0 saturated heterocycles. The van der Waals surface area contributed by atoms with Crippen molar-refractivity contribution in [3.05, 3.63) is 53.8 Å². The molecule has 1 aliphatic rings. The molecule has 1 saturated carbocycles. The molecule has 4 rings (SSSR count). The molecule has 2 heterocycles. The number of hydrogen-bond acceptors (Lipinski definition) is 5. The summed E-state index contributed by atoms with van der Waals surface area (Å²) >= 11 is 1.36. The first kappa shape index (κ1) is 17.4. The van der Waals surface area contributed by atoms with Crippen LogP contribution in [-0.2, 0) is 4.79 Å². The maximum atomic E-state index is 12.5. The molecule has 138 valence electrons. The summed E-state index contributed by atoms with van der Waals surface area (Å²) in [4.78, 5) is 28.0. The van der Waals surface area contributed by atoms with E-state index in [0.29, 0.717) is 23.5 Å². The predicted octanol–water partition coefficient (Wildman–Crippen LogP) is 3.12. The largest absolute Gasteiger partial charge is 0.481 e. The molecule has 8 heteroatoms. The molecule has 1 aromatic carbocycles. The molecule has 1 fully saturated rings. The zero-order valence-electron chi connectivity index (χ0n) is 14.5. The monoisotopic (exact) mass is 382 g/mol. The zero-order valence-corrected chi connectivity index (χ0v) is 15.3. The number of amides is 1. The number of para-hydroxylation sites is 1. The Bertz CT molecular complexity index is 976. The third-order valence-electron chi connectivity index (χ3n) is 4.77. The molecule has 2 aromatic heterocycles. The van der Waals surface area contributed by atoms with Crippen LogP contribution in [0.15, 0.2) is 48.1 Å². The van der Waals surface area contributed by atoms with E-state index < -0.39 is 11.5 Å². The summed E-state index contributed by atoms with van der Waals surface area (Å²) in [5.74, 6) is -1.23. The third kappa shape index (κ3) is 3.61. The minimum absolute atomic E-state index is 0.0560. The maximum absolute atomic E-state index is 12.5. The number of carboxylic acids is 1. The Balaban J connectivity index is 1.49. The van der Waals surface area contributed by atoms with Gasteiger partial charge in [0.05, 0.1) is 23.8 Å². The first-order chi connectivity index (χ1) is 13.0. The second-order valence-electron chi connectivity index (χ2n) is 6.71. The van der Waals surface area contributed by atoms with E-state index in [0.717, 1.165) is 17.7 Å². The first-order valence-electron chi connectivity index (χ1n) is 8.65. The molecule has 0 spiro atoms. The highest BCUT2D eigenvalue weighted by Crippen LogP contribution is 2.35. The van der Waals surface area contributed by atoms with Crippen LogP contribution in [0, 0.1) is 0 Å². The normalized spacial score (nSPS) is 15.1. The number of aliphatic carboxylic acids is 1. The molecular formula is C19H18N4O3S. The lowest BCUT2D eigenvalue weighted by atomic mass is 9.74. The van der Waals surface area contributed by atoms with Crippen LogP contribution in [0.2, 0.25) is 0 Å². The van der Waals surface area contributed by atoms with E-state index in [-0.39, 0.29) is 12.3 Å². The lowest BCUT2D eigenvalue weighted by molar-refractivity contribution is -0.139. The Hall–Kier alpha value is -3.00. The lowest BCUT2D eigenvalue weighted by Gasteiger charge is -2.41. The van der Waals surface area contributed by atoms with Crippen molar-refractivity contribution < 1.29 is 14.7 Å². The van der Waals surface area contributed by atoms with Gasteiger partial charge in [0.25, 0.3) is 5.91 Å². The van der Waals surface area contributed by atoms with E-state index in [1.807, 2.05) is 36.5 Å². The summed E-state index contributed by atoms with van der Waals surface area (Å²) in [6.45, 7) is 0. The number of carbonyl (C=O) groups excluding carboxylic acids is 1. The third-order valence-corrected chi connectivity index (χ3v) is 5.66. The van der Waals surface area contributed by atoms with Crippen LogP contribution in [0.3, 0.4) is 0 Å². The molecular weight excluding hydrogens is 364 g/mol. The zero-order chi connectivity index (χ0) is 18.9. The van der Waals surface area contributed by atoms with Gasteiger partial charge in [-0.2, -0.15) is 5.10 Å². The molecule has 1 amide bonds. The first-order valence-corrected chi connectivity index (χ1v) is 9.53. The van der Waals surface area contributed by atoms with E-state index in [4.69, 9.17) is 5.11 Å². The molecule has 7 nitrogen and oxygen atoms in total. The lowest BCUT2D eigenvalue weighted by Crippen LogP contribution is -2.54. The van der Waals surface area contributed by atoms with Crippen LogP contribution in [0.4, 0.5) is 0 Å². The number of nitrogens with one attached hydrogen (secondary N) is 1. The number of benzene rings is 1. The van der Waals surface area contributed by atoms with Gasteiger partial charge in [-0.25, -0.2) is 9.67 Å². The fourth-order valence-corrected chi connectivity index (χ4v) is 3.99. The van der Waals surface area contributed by atoms with Gasteiger partial charge in [0.2, 0.25) is 0 Å². The average molecular weight is 382 g/mol. The van der Waals surface area contributed by atoms with Crippen LogP contribution in [-0.4, -0.2) is 37.3 Å². The van der Waals surface area contributed by atoms with Crippen molar-refractivity contribution in [2.75, 3.05) is 0 Å². The fourth-order valence-electron chi connectivity index (χ4n) is 3.21. The van der Waals surface area contributed by atoms with Crippen molar-refractivity contribution in [1.29, 1.82) is 0 Å². The molecule has 0 unspecified atom stereocenters. The minimum Gasteiger partial charge on any atom is -0.481 e. The van der Waals surface area contributed by atoms with Crippen molar-refractivity contribution >= 4 is 23.2 Å². The van der Waals surface area contributed by atoms with Crippen LogP contribution in [0.25, 0.3) is 16.3 Å². The smallest absolute Gasteiger partial charge is 0.305 e. The van der Waals surface area contributed by atoms with Gasteiger partial charge in [0.15, 0.2) is 0 Å². The summed E-state index contributed by atoms with van der Waals surface area (Å²) in [6.07, 6.45) is 5.82. The van der Waals surface area contributed by atoms with Gasteiger partial charge < -0.3 is 10.4 Å². The van der Waals surface area contributed by atoms with Crippen molar-refractivity contribution in [2.45, 2.75) is 31.2 Å². The van der Waals surface area contributed by atoms with E-state index in [9.17, 15) is 9.59 Å². The number of thiazole rings is 1. The average Bonchev–Trinajstić information content (AvgIpc) is 3.29. The number of carbonyl (C=O) groups is 2. The summed E-state index contributed by atoms with van der Waals surface area (Å²) in [5.41, 5.74) is 1.44. The van der Waals surface area contributed by atoms with Gasteiger partial charge in [-0.05, 0) is 31.4 Å². The molecule has 1 aliphatic carbocycles. The summed E-state index contributed by atoms with van der Waals surface area (Å²) in [7, 11) is 0. The van der Waals surface area contributed by atoms with E-state index >= 15 is 0 Å². The van der Waals surface area contributed by atoms with E-state index in [2.05, 4.69) is 15.4 Å². The second kappa shape index (κ2) is 6.96. The quantitative estimate of drug-likeness (QED) is 0.683. The van der Waals surface area contributed by atoms with Crippen molar-refractivity contribution in [3.63, 3.8) is 0 Å². The highest BCUT2D eigenvalue weighted by molar-refractivity contribution is 7.13.